The van der Waals surface area contributed by atoms with E-state index in [2.05, 4.69) is 10.3 Å². The summed E-state index contributed by atoms with van der Waals surface area (Å²) in [6.07, 6.45) is 1.31. The molecule has 1 unspecified atom stereocenters. The fourth-order valence-electron chi connectivity index (χ4n) is 1.38. The van der Waals surface area contributed by atoms with E-state index < -0.39 is 17.9 Å². The number of nitrogens with zero attached hydrogens (tertiary/aromatic N) is 1. The summed E-state index contributed by atoms with van der Waals surface area (Å²) in [4.78, 5) is 26.5. The summed E-state index contributed by atoms with van der Waals surface area (Å²) in [6.45, 7) is 1.70. The Bertz CT molecular complexity index is 622. The highest BCUT2D eigenvalue weighted by Crippen LogP contribution is 2.21. The van der Waals surface area contributed by atoms with Gasteiger partial charge in [-0.15, -0.1) is 11.3 Å². The van der Waals surface area contributed by atoms with Gasteiger partial charge in [0.2, 0.25) is 5.22 Å². The van der Waals surface area contributed by atoms with Crippen LogP contribution < -0.4 is 5.32 Å². The molecule has 2 aromatic heterocycles. The third-order valence-electron chi connectivity index (χ3n) is 2.32. The predicted molar refractivity (Wildman–Crippen MR) is 68.7 cm³/mol. The molecule has 8 heteroatoms. The topological polar surface area (TPSA) is 92.4 Å². The Labute approximate surface area is 117 Å². The molecule has 19 heavy (non-hydrogen) atoms. The van der Waals surface area contributed by atoms with Crippen molar-refractivity contribution in [1.82, 2.24) is 10.3 Å². The van der Waals surface area contributed by atoms with Gasteiger partial charge in [-0.3, -0.25) is 4.79 Å². The third kappa shape index (κ3) is 2.94. The fraction of sp³-hybridized carbons (Fsp3) is 0.182. The van der Waals surface area contributed by atoms with Crippen LogP contribution in [0.1, 0.15) is 38.8 Å². The van der Waals surface area contributed by atoms with Crippen molar-refractivity contribution in [2.45, 2.75) is 13.0 Å². The Kier molecular flexibility index (Phi) is 3.87. The van der Waals surface area contributed by atoms with Crippen molar-refractivity contribution in [3.8, 4) is 0 Å². The Morgan fingerprint density at radius 2 is 2.32 bits per heavy atom. The van der Waals surface area contributed by atoms with E-state index in [4.69, 9.17) is 21.1 Å². The molecule has 2 aromatic rings. The van der Waals surface area contributed by atoms with Gasteiger partial charge in [0.25, 0.3) is 5.91 Å². The normalized spacial score (nSPS) is 12.1. The number of carboxylic acid groups (broad SMARTS) is 1. The Morgan fingerprint density at radius 3 is 2.84 bits per heavy atom. The Balaban J connectivity index is 2.08. The van der Waals surface area contributed by atoms with E-state index >= 15 is 0 Å². The van der Waals surface area contributed by atoms with Crippen LogP contribution in [0.4, 0.5) is 0 Å². The largest absolute Gasteiger partial charge is 0.476 e. The number of amides is 1. The van der Waals surface area contributed by atoms with E-state index in [1.165, 1.54) is 29.0 Å². The lowest BCUT2D eigenvalue weighted by molar-refractivity contribution is 0.0691. The molecule has 0 bridgehead atoms. The molecule has 0 aromatic carbocycles. The molecule has 0 saturated carbocycles. The van der Waals surface area contributed by atoms with Crippen molar-refractivity contribution >= 4 is 34.8 Å². The predicted octanol–water partition coefficient (Wildman–Crippen LogP) is 2.58. The summed E-state index contributed by atoms with van der Waals surface area (Å²) >= 11 is 6.86. The number of halogens is 1. The van der Waals surface area contributed by atoms with Gasteiger partial charge in [0.1, 0.15) is 5.01 Å². The van der Waals surface area contributed by atoms with Crippen molar-refractivity contribution in [2.75, 3.05) is 0 Å². The van der Waals surface area contributed by atoms with Crippen LogP contribution in [-0.2, 0) is 0 Å². The zero-order valence-electron chi connectivity index (χ0n) is 9.71. The van der Waals surface area contributed by atoms with Crippen molar-refractivity contribution < 1.29 is 19.1 Å². The van der Waals surface area contributed by atoms with Crippen molar-refractivity contribution in [1.29, 1.82) is 0 Å². The lowest BCUT2D eigenvalue weighted by atomic mass is 10.3. The Morgan fingerprint density at radius 1 is 1.58 bits per heavy atom. The molecule has 2 heterocycles. The second-order valence-corrected chi connectivity index (χ2v) is 4.91. The first-order valence-corrected chi connectivity index (χ1v) is 6.47. The maximum Gasteiger partial charge on any atom is 0.355 e. The summed E-state index contributed by atoms with van der Waals surface area (Å²) in [6, 6.07) is 1.03. The highest BCUT2D eigenvalue weighted by molar-refractivity contribution is 7.09. The number of hydrogen-bond acceptors (Lipinski definition) is 5. The van der Waals surface area contributed by atoms with Crippen molar-refractivity contribution in [2.24, 2.45) is 0 Å². The molecular weight excluding hydrogens is 292 g/mol. The molecule has 2 rings (SSSR count). The van der Waals surface area contributed by atoms with E-state index in [1.54, 1.807) is 6.92 Å². The van der Waals surface area contributed by atoms with E-state index in [0.29, 0.717) is 5.01 Å². The molecule has 0 saturated heterocycles. The molecule has 0 spiro atoms. The quantitative estimate of drug-likeness (QED) is 0.905. The van der Waals surface area contributed by atoms with Gasteiger partial charge in [-0.25, -0.2) is 9.78 Å². The smallest absolute Gasteiger partial charge is 0.355 e. The molecule has 0 aliphatic carbocycles. The molecule has 1 amide bonds. The lowest BCUT2D eigenvalue weighted by Gasteiger charge is -2.10. The second kappa shape index (κ2) is 5.41. The fourth-order valence-corrected chi connectivity index (χ4v) is 2.38. The standard InChI is InChI=1S/C11H9ClN2O4S/c1-5(10-14-7(4-19-10)11(16)17)13-9(15)6-2-3-18-8(6)12/h2-5H,1H3,(H,13,15)(H,16,17). The monoisotopic (exact) mass is 300 g/mol. The van der Waals surface area contributed by atoms with Gasteiger partial charge in [-0.1, -0.05) is 0 Å². The molecule has 0 radical (unpaired) electrons. The van der Waals surface area contributed by atoms with Crippen LogP contribution in [0, 0.1) is 0 Å². The molecule has 0 aliphatic rings. The van der Waals surface area contributed by atoms with Gasteiger partial charge in [0.05, 0.1) is 17.9 Å². The Hall–Kier alpha value is -1.86. The maximum absolute atomic E-state index is 11.9. The second-order valence-electron chi connectivity index (χ2n) is 3.68. The summed E-state index contributed by atoms with van der Waals surface area (Å²) < 4.78 is 4.82. The maximum atomic E-state index is 11.9. The minimum atomic E-state index is -1.10. The van der Waals surface area contributed by atoms with Gasteiger partial charge in [0.15, 0.2) is 5.69 Å². The number of aromatic carboxylic acids is 1. The number of hydrogen-bond donors (Lipinski definition) is 2. The SMILES string of the molecule is CC(NC(=O)c1ccoc1Cl)c1nc(C(=O)O)cs1. The molecule has 6 nitrogen and oxygen atoms in total. The van der Waals surface area contributed by atoms with Gasteiger partial charge >= 0.3 is 5.97 Å². The lowest BCUT2D eigenvalue weighted by Crippen LogP contribution is -2.26. The molecule has 100 valence electrons. The van der Waals surface area contributed by atoms with Crippen molar-refractivity contribution in [3.05, 3.63) is 39.2 Å². The number of nitrogens with one attached hydrogen (secondary N) is 1. The first-order valence-electron chi connectivity index (χ1n) is 5.21. The summed E-state index contributed by atoms with van der Waals surface area (Å²) in [5.41, 5.74) is 0.186. The number of thiazole rings is 1. The van der Waals surface area contributed by atoms with E-state index in [1.807, 2.05) is 0 Å². The summed E-state index contributed by atoms with van der Waals surface area (Å²) in [5.74, 6) is -1.50. The average molecular weight is 301 g/mol. The van der Waals surface area contributed by atoms with Crippen LogP contribution in [-0.4, -0.2) is 22.0 Å². The molecular formula is C11H9ClN2O4S. The first kappa shape index (κ1) is 13.6. The molecule has 2 N–H and O–H groups in total. The van der Waals surface area contributed by atoms with Crippen molar-refractivity contribution in [3.63, 3.8) is 0 Å². The van der Waals surface area contributed by atoms with Gasteiger partial charge < -0.3 is 14.8 Å². The van der Waals surface area contributed by atoms with Gasteiger partial charge in [0, 0.05) is 5.38 Å². The van der Waals surface area contributed by atoms with E-state index in [9.17, 15) is 9.59 Å². The number of carbonyl (C=O) groups excluding carboxylic acids is 1. The van der Waals surface area contributed by atoms with E-state index in [-0.39, 0.29) is 16.5 Å². The van der Waals surface area contributed by atoms with Gasteiger partial charge in [-0.05, 0) is 24.6 Å². The zero-order valence-corrected chi connectivity index (χ0v) is 11.3. The minimum Gasteiger partial charge on any atom is -0.476 e. The number of rotatable bonds is 4. The van der Waals surface area contributed by atoms with Crippen LogP contribution in [0.3, 0.4) is 0 Å². The minimum absolute atomic E-state index is 0.00932. The van der Waals surface area contributed by atoms with Crippen LogP contribution in [0.25, 0.3) is 0 Å². The number of furan rings is 1. The van der Waals surface area contributed by atoms with Crippen LogP contribution in [0.2, 0.25) is 5.22 Å². The first-order chi connectivity index (χ1) is 8.99. The van der Waals surface area contributed by atoms with E-state index in [0.717, 1.165) is 0 Å². The van der Waals surface area contributed by atoms with Crippen LogP contribution in [0.5, 0.6) is 0 Å². The molecule has 0 aliphatic heterocycles. The highest BCUT2D eigenvalue weighted by atomic mass is 35.5. The summed E-state index contributed by atoms with van der Waals surface area (Å²) in [5, 5.41) is 13.4. The third-order valence-corrected chi connectivity index (χ3v) is 3.64. The van der Waals surface area contributed by atoms with Crippen LogP contribution >= 0.6 is 22.9 Å². The van der Waals surface area contributed by atoms with Gasteiger partial charge in [-0.2, -0.15) is 0 Å². The average Bonchev–Trinajstić information content (AvgIpc) is 2.96. The zero-order chi connectivity index (χ0) is 14.0. The highest BCUT2D eigenvalue weighted by Gasteiger charge is 2.19. The number of carboxylic acids is 1. The summed E-state index contributed by atoms with van der Waals surface area (Å²) in [7, 11) is 0. The number of aromatic nitrogens is 1. The number of carbonyl (C=O) groups is 2. The molecule has 1 atom stereocenters. The molecule has 0 fully saturated rings. The van der Waals surface area contributed by atoms with Crippen LogP contribution in [0.15, 0.2) is 22.1 Å².